The number of carbonyl (C=O) groups excluding carboxylic acids is 2. The van der Waals surface area contributed by atoms with Crippen LogP contribution in [0.2, 0.25) is 0 Å². The number of esters is 1. The number of aromatic nitrogens is 1. The molecule has 0 aromatic carbocycles. The Kier molecular flexibility index (Phi) is 5.21. The summed E-state index contributed by atoms with van der Waals surface area (Å²) in [5.41, 5.74) is 6.44. The summed E-state index contributed by atoms with van der Waals surface area (Å²) in [5.74, 6) is -0.541. The zero-order valence-electron chi connectivity index (χ0n) is 12.3. The lowest BCUT2D eigenvalue weighted by atomic mass is 10.0. The molecule has 0 spiro atoms. The van der Waals surface area contributed by atoms with Crippen LogP contribution < -0.4 is 11.1 Å². The monoisotopic (exact) mass is 279 g/mol. The van der Waals surface area contributed by atoms with Crippen LogP contribution in [0.3, 0.4) is 0 Å². The SMILES string of the molecule is CC(=O)C(N)c1ccncc1NCC(=O)OC(C)(C)C. The van der Waals surface area contributed by atoms with E-state index in [4.69, 9.17) is 10.5 Å². The van der Waals surface area contributed by atoms with E-state index in [1.165, 1.54) is 13.1 Å². The zero-order valence-corrected chi connectivity index (χ0v) is 12.3. The molecule has 1 unspecified atom stereocenters. The summed E-state index contributed by atoms with van der Waals surface area (Å²) in [5, 5.41) is 2.90. The van der Waals surface area contributed by atoms with Crippen LogP contribution in [0.15, 0.2) is 18.5 Å². The molecule has 110 valence electrons. The number of carbonyl (C=O) groups is 2. The summed E-state index contributed by atoms with van der Waals surface area (Å²) in [6.07, 6.45) is 3.08. The molecule has 1 atom stereocenters. The van der Waals surface area contributed by atoms with Crippen molar-refractivity contribution in [3.8, 4) is 0 Å². The molecule has 0 aliphatic rings. The first kappa shape index (κ1) is 16.1. The Balaban J connectivity index is 2.74. The van der Waals surface area contributed by atoms with E-state index < -0.39 is 11.6 Å². The molecule has 1 heterocycles. The highest BCUT2D eigenvalue weighted by Gasteiger charge is 2.18. The molecule has 3 N–H and O–H groups in total. The van der Waals surface area contributed by atoms with Crippen molar-refractivity contribution in [2.75, 3.05) is 11.9 Å². The van der Waals surface area contributed by atoms with E-state index in [1.807, 2.05) is 0 Å². The fourth-order valence-electron chi connectivity index (χ4n) is 1.59. The van der Waals surface area contributed by atoms with Gasteiger partial charge in [0.15, 0.2) is 5.78 Å². The largest absolute Gasteiger partial charge is 0.459 e. The number of pyridine rings is 1. The van der Waals surface area contributed by atoms with Gasteiger partial charge in [0.25, 0.3) is 0 Å². The van der Waals surface area contributed by atoms with Crippen molar-refractivity contribution in [1.29, 1.82) is 0 Å². The number of anilines is 1. The van der Waals surface area contributed by atoms with Gasteiger partial charge in [0, 0.05) is 11.8 Å². The number of hydrogen-bond acceptors (Lipinski definition) is 6. The average molecular weight is 279 g/mol. The topological polar surface area (TPSA) is 94.3 Å². The van der Waals surface area contributed by atoms with Crippen LogP contribution in [-0.4, -0.2) is 28.9 Å². The second-order valence-corrected chi connectivity index (χ2v) is 5.49. The average Bonchev–Trinajstić information content (AvgIpc) is 2.33. The number of hydrogen-bond donors (Lipinski definition) is 2. The standard InChI is InChI=1S/C14H21N3O3/c1-9(18)13(15)10-5-6-16-7-11(10)17-8-12(19)20-14(2,3)4/h5-7,13,17H,8,15H2,1-4H3. The second kappa shape index (κ2) is 6.47. The first-order valence-electron chi connectivity index (χ1n) is 6.36. The van der Waals surface area contributed by atoms with Crippen molar-refractivity contribution in [3.63, 3.8) is 0 Å². The fourth-order valence-corrected chi connectivity index (χ4v) is 1.59. The minimum atomic E-state index is -0.737. The zero-order chi connectivity index (χ0) is 15.3. The predicted molar refractivity (Wildman–Crippen MR) is 76.2 cm³/mol. The van der Waals surface area contributed by atoms with Crippen LogP contribution in [-0.2, 0) is 14.3 Å². The van der Waals surface area contributed by atoms with E-state index in [0.29, 0.717) is 11.3 Å². The molecule has 1 aromatic heterocycles. The lowest BCUT2D eigenvalue weighted by Crippen LogP contribution is -2.29. The summed E-state index contributed by atoms with van der Waals surface area (Å²) in [4.78, 5) is 27.0. The first-order valence-corrected chi connectivity index (χ1v) is 6.36. The molecule has 0 aliphatic carbocycles. The van der Waals surface area contributed by atoms with Crippen molar-refractivity contribution in [2.24, 2.45) is 5.73 Å². The van der Waals surface area contributed by atoms with Gasteiger partial charge in [-0.3, -0.25) is 14.6 Å². The van der Waals surface area contributed by atoms with Crippen LogP contribution in [0, 0.1) is 0 Å². The Bertz CT molecular complexity index is 495. The van der Waals surface area contributed by atoms with Gasteiger partial charge in [-0.2, -0.15) is 0 Å². The molecule has 6 nitrogen and oxygen atoms in total. The molecule has 0 radical (unpaired) electrons. The van der Waals surface area contributed by atoms with Gasteiger partial charge in [0.2, 0.25) is 0 Å². The Morgan fingerprint density at radius 1 is 1.45 bits per heavy atom. The first-order chi connectivity index (χ1) is 9.20. The van der Waals surface area contributed by atoms with Crippen molar-refractivity contribution in [3.05, 3.63) is 24.0 Å². The van der Waals surface area contributed by atoms with Gasteiger partial charge < -0.3 is 15.8 Å². The minimum absolute atomic E-state index is 0.0133. The van der Waals surface area contributed by atoms with Crippen LogP contribution in [0.25, 0.3) is 0 Å². The highest BCUT2D eigenvalue weighted by molar-refractivity contribution is 5.85. The highest BCUT2D eigenvalue weighted by atomic mass is 16.6. The lowest BCUT2D eigenvalue weighted by Gasteiger charge is -2.20. The third kappa shape index (κ3) is 4.97. The number of ketones is 1. The van der Waals surface area contributed by atoms with Crippen LogP contribution in [0.1, 0.15) is 39.3 Å². The Morgan fingerprint density at radius 3 is 2.65 bits per heavy atom. The summed E-state index contributed by atoms with van der Waals surface area (Å²) < 4.78 is 5.19. The molecule has 0 saturated heterocycles. The Labute approximate surface area is 118 Å². The molecule has 1 rings (SSSR count). The molecule has 0 fully saturated rings. The van der Waals surface area contributed by atoms with E-state index in [2.05, 4.69) is 10.3 Å². The number of rotatable bonds is 5. The van der Waals surface area contributed by atoms with Gasteiger partial charge in [0.1, 0.15) is 12.1 Å². The van der Waals surface area contributed by atoms with Gasteiger partial charge in [-0.1, -0.05) is 0 Å². The Morgan fingerprint density at radius 2 is 2.10 bits per heavy atom. The number of nitrogens with one attached hydrogen (secondary N) is 1. The molecule has 0 amide bonds. The summed E-state index contributed by atoms with van der Waals surface area (Å²) in [6.45, 7) is 6.80. The number of ether oxygens (including phenoxy) is 1. The van der Waals surface area contributed by atoms with Crippen molar-refractivity contribution in [2.45, 2.75) is 39.3 Å². The maximum absolute atomic E-state index is 11.6. The van der Waals surface area contributed by atoms with Gasteiger partial charge in [-0.25, -0.2) is 0 Å². The second-order valence-electron chi connectivity index (χ2n) is 5.49. The predicted octanol–water partition coefficient (Wildman–Crippen LogP) is 1.42. The van der Waals surface area contributed by atoms with Crippen LogP contribution >= 0.6 is 0 Å². The van der Waals surface area contributed by atoms with E-state index in [0.717, 1.165) is 0 Å². The van der Waals surface area contributed by atoms with Crippen molar-refractivity contribution in [1.82, 2.24) is 4.98 Å². The van der Waals surface area contributed by atoms with Crippen molar-refractivity contribution >= 4 is 17.4 Å². The summed E-state index contributed by atoms with van der Waals surface area (Å²) in [7, 11) is 0. The van der Waals surface area contributed by atoms with E-state index >= 15 is 0 Å². The van der Waals surface area contributed by atoms with Gasteiger partial charge >= 0.3 is 5.97 Å². The van der Waals surface area contributed by atoms with Crippen LogP contribution in [0.4, 0.5) is 5.69 Å². The molecule has 0 saturated carbocycles. The van der Waals surface area contributed by atoms with Gasteiger partial charge in [-0.05, 0) is 33.8 Å². The third-order valence-electron chi connectivity index (χ3n) is 2.47. The highest BCUT2D eigenvalue weighted by Crippen LogP contribution is 2.20. The molecule has 20 heavy (non-hydrogen) atoms. The Hall–Kier alpha value is -1.95. The molecular weight excluding hydrogens is 258 g/mol. The quantitative estimate of drug-likeness (QED) is 0.792. The summed E-state index contributed by atoms with van der Waals surface area (Å²) in [6, 6.07) is 0.919. The molecule has 6 heteroatoms. The molecule has 0 aliphatic heterocycles. The van der Waals surface area contributed by atoms with Crippen molar-refractivity contribution < 1.29 is 14.3 Å². The van der Waals surface area contributed by atoms with Crippen LogP contribution in [0.5, 0.6) is 0 Å². The van der Waals surface area contributed by atoms with E-state index in [1.54, 1.807) is 33.0 Å². The maximum Gasteiger partial charge on any atom is 0.325 e. The van der Waals surface area contributed by atoms with Gasteiger partial charge in [0.05, 0.1) is 17.9 Å². The smallest absolute Gasteiger partial charge is 0.325 e. The third-order valence-corrected chi connectivity index (χ3v) is 2.47. The fraction of sp³-hybridized carbons (Fsp3) is 0.500. The van der Waals surface area contributed by atoms with Gasteiger partial charge in [-0.15, -0.1) is 0 Å². The normalized spacial score (nSPS) is 12.7. The maximum atomic E-state index is 11.6. The minimum Gasteiger partial charge on any atom is -0.459 e. The molecule has 1 aromatic rings. The van der Waals surface area contributed by atoms with E-state index in [9.17, 15) is 9.59 Å². The number of Topliss-reactive ketones (excluding diaryl/α,β-unsaturated/α-hetero) is 1. The number of nitrogens with zero attached hydrogens (tertiary/aromatic N) is 1. The lowest BCUT2D eigenvalue weighted by molar-refractivity contribution is -0.152. The molecular formula is C14H21N3O3. The molecule has 0 bridgehead atoms. The van der Waals surface area contributed by atoms with E-state index in [-0.39, 0.29) is 18.3 Å². The number of nitrogens with two attached hydrogens (primary N) is 1. The summed E-state index contributed by atoms with van der Waals surface area (Å²) >= 11 is 0.